The lowest BCUT2D eigenvalue weighted by molar-refractivity contribution is 0.111. The molecule has 1 rings (SSSR count). The van der Waals surface area contributed by atoms with E-state index in [2.05, 4.69) is 13.8 Å². The van der Waals surface area contributed by atoms with E-state index in [0.717, 1.165) is 12.0 Å². The van der Waals surface area contributed by atoms with E-state index in [4.69, 9.17) is 0 Å². The van der Waals surface area contributed by atoms with Gasteiger partial charge in [0, 0.05) is 0 Å². The fourth-order valence-corrected chi connectivity index (χ4v) is 2.03. The average Bonchev–Trinajstić information content (AvgIpc) is 2.34. The number of rotatable bonds is 7. The van der Waals surface area contributed by atoms with Gasteiger partial charge in [-0.3, -0.25) is 0 Å². The topological polar surface area (TPSA) is 20.2 Å². The van der Waals surface area contributed by atoms with Gasteiger partial charge in [0.05, 0.1) is 6.10 Å². The number of hydrogen-bond acceptors (Lipinski definition) is 1. The molecule has 0 radical (unpaired) electrons. The molecule has 1 aromatic carbocycles. The predicted molar refractivity (Wildman–Crippen MR) is 69.3 cm³/mol. The second-order valence-electron chi connectivity index (χ2n) is 4.68. The summed E-state index contributed by atoms with van der Waals surface area (Å²) in [6, 6.07) is 9.98. The molecule has 0 saturated carbocycles. The highest BCUT2D eigenvalue weighted by Crippen LogP contribution is 2.25. The zero-order valence-corrected chi connectivity index (χ0v) is 10.5. The Morgan fingerprint density at radius 2 is 1.75 bits per heavy atom. The zero-order chi connectivity index (χ0) is 11.8. The van der Waals surface area contributed by atoms with Crippen molar-refractivity contribution in [1.82, 2.24) is 0 Å². The van der Waals surface area contributed by atoms with Crippen molar-refractivity contribution in [2.45, 2.75) is 52.1 Å². The van der Waals surface area contributed by atoms with Crippen LogP contribution in [0.4, 0.5) is 0 Å². The van der Waals surface area contributed by atoms with E-state index in [1.165, 1.54) is 25.7 Å². The van der Waals surface area contributed by atoms with Crippen molar-refractivity contribution in [3.05, 3.63) is 35.9 Å². The minimum atomic E-state index is -0.303. The first-order chi connectivity index (χ1) is 7.75. The predicted octanol–water partition coefficient (Wildman–Crippen LogP) is 4.33. The van der Waals surface area contributed by atoms with Crippen LogP contribution in [0, 0.1) is 5.92 Å². The van der Waals surface area contributed by atoms with Crippen molar-refractivity contribution in [3.63, 3.8) is 0 Å². The summed E-state index contributed by atoms with van der Waals surface area (Å²) < 4.78 is 0. The lowest BCUT2D eigenvalue weighted by Crippen LogP contribution is -2.09. The van der Waals surface area contributed by atoms with Gasteiger partial charge in [0.2, 0.25) is 0 Å². The fraction of sp³-hybridized carbons (Fsp3) is 0.600. The first-order valence-corrected chi connectivity index (χ1v) is 6.48. The molecule has 0 fully saturated rings. The average molecular weight is 220 g/mol. The molecule has 0 aliphatic carbocycles. The third-order valence-electron chi connectivity index (χ3n) is 3.19. The van der Waals surface area contributed by atoms with Crippen LogP contribution in [0.25, 0.3) is 0 Å². The number of aliphatic hydroxyl groups is 1. The van der Waals surface area contributed by atoms with Gasteiger partial charge in [-0.05, 0) is 17.9 Å². The third-order valence-corrected chi connectivity index (χ3v) is 3.19. The van der Waals surface area contributed by atoms with E-state index in [1.807, 2.05) is 30.3 Å². The molecular formula is C15H24O. The monoisotopic (exact) mass is 220 g/mol. The maximum absolute atomic E-state index is 10.1. The molecule has 2 atom stereocenters. The molecule has 0 amide bonds. The van der Waals surface area contributed by atoms with Crippen molar-refractivity contribution in [2.24, 2.45) is 5.92 Å². The van der Waals surface area contributed by atoms with E-state index >= 15 is 0 Å². The van der Waals surface area contributed by atoms with Crippen LogP contribution >= 0.6 is 0 Å². The Morgan fingerprint density at radius 3 is 2.38 bits per heavy atom. The van der Waals surface area contributed by atoms with E-state index in [9.17, 15) is 5.11 Å². The minimum Gasteiger partial charge on any atom is -0.388 e. The summed E-state index contributed by atoms with van der Waals surface area (Å²) in [6.45, 7) is 4.37. The molecule has 0 spiro atoms. The molecule has 90 valence electrons. The standard InChI is InChI=1S/C15H24O/c1-3-4-5-7-10-13(2)15(16)14-11-8-6-9-12-14/h6,8-9,11-13,15-16H,3-5,7,10H2,1-2H3. The highest BCUT2D eigenvalue weighted by Gasteiger charge is 2.15. The van der Waals surface area contributed by atoms with Gasteiger partial charge < -0.3 is 5.11 Å². The number of benzene rings is 1. The van der Waals surface area contributed by atoms with E-state index < -0.39 is 0 Å². The van der Waals surface area contributed by atoms with Gasteiger partial charge in [0.15, 0.2) is 0 Å². The van der Waals surface area contributed by atoms with Crippen LogP contribution in [-0.2, 0) is 0 Å². The summed E-state index contributed by atoms with van der Waals surface area (Å²) in [5.74, 6) is 0.360. The zero-order valence-electron chi connectivity index (χ0n) is 10.5. The lowest BCUT2D eigenvalue weighted by Gasteiger charge is -2.19. The Hall–Kier alpha value is -0.820. The Kier molecular flexibility index (Phi) is 6.17. The lowest BCUT2D eigenvalue weighted by atomic mass is 9.92. The van der Waals surface area contributed by atoms with Gasteiger partial charge >= 0.3 is 0 Å². The van der Waals surface area contributed by atoms with Gasteiger partial charge in [-0.2, -0.15) is 0 Å². The summed E-state index contributed by atoms with van der Waals surface area (Å²) >= 11 is 0. The number of aliphatic hydroxyl groups excluding tert-OH is 1. The molecular weight excluding hydrogens is 196 g/mol. The number of unbranched alkanes of at least 4 members (excludes halogenated alkanes) is 3. The van der Waals surface area contributed by atoms with Crippen LogP contribution < -0.4 is 0 Å². The smallest absolute Gasteiger partial charge is 0.0815 e. The van der Waals surface area contributed by atoms with Gasteiger partial charge in [-0.15, -0.1) is 0 Å². The Bertz CT molecular complexity index is 268. The van der Waals surface area contributed by atoms with Gasteiger partial charge in [-0.25, -0.2) is 0 Å². The molecule has 16 heavy (non-hydrogen) atoms. The Labute approximate surface area is 99.5 Å². The molecule has 0 heterocycles. The van der Waals surface area contributed by atoms with E-state index in [0.29, 0.717) is 5.92 Å². The van der Waals surface area contributed by atoms with Crippen LogP contribution in [0.2, 0.25) is 0 Å². The third kappa shape index (κ3) is 4.36. The van der Waals surface area contributed by atoms with E-state index in [1.54, 1.807) is 0 Å². The molecule has 0 aliphatic rings. The van der Waals surface area contributed by atoms with Crippen LogP contribution in [0.3, 0.4) is 0 Å². The van der Waals surface area contributed by atoms with Crippen LogP contribution in [-0.4, -0.2) is 5.11 Å². The van der Waals surface area contributed by atoms with Crippen molar-refractivity contribution >= 4 is 0 Å². The van der Waals surface area contributed by atoms with Gasteiger partial charge in [-0.1, -0.05) is 69.9 Å². The minimum absolute atomic E-state index is 0.303. The van der Waals surface area contributed by atoms with Crippen molar-refractivity contribution in [2.75, 3.05) is 0 Å². The molecule has 2 unspecified atom stereocenters. The summed E-state index contributed by atoms with van der Waals surface area (Å²) in [6.07, 6.45) is 5.93. The maximum atomic E-state index is 10.1. The maximum Gasteiger partial charge on any atom is 0.0815 e. The molecule has 1 nitrogen and oxygen atoms in total. The van der Waals surface area contributed by atoms with Crippen LogP contribution in [0.1, 0.15) is 57.6 Å². The molecule has 0 bridgehead atoms. The van der Waals surface area contributed by atoms with Crippen molar-refractivity contribution in [3.8, 4) is 0 Å². The Balaban J connectivity index is 2.33. The van der Waals surface area contributed by atoms with Crippen LogP contribution in [0.15, 0.2) is 30.3 Å². The largest absolute Gasteiger partial charge is 0.388 e. The van der Waals surface area contributed by atoms with Gasteiger partial charge in [0.1, 0.15) is 0 Å². The first kappa shape index (κ1) is 13.2. The molecule has 1 N–H and O–H groups in total. The molecule has 0 aromatic heterocycles. The highest BCUT2D eigenvalue weighted by molar-refractivity contribution is 5.17. The molecule has 0 saturated heterocycles. The highest BCUT2D eigenvalue weighted by atomic mass is 16.3. The molecule has 1 heteroatoms. The van der Waals surface area contributed by atoms with Crippen molar-refractivity contribution in [1.29, 1.82) is 0 Å². The summed E-state index contributed by atoms with van der Waals surface area (Å²) in [5.41, 5.74) is 1.05. The first-order valence-electron chi connectivity index (χ1n) is 6.48. The SMILES string of the molecule is CCCCCCC(C)C(O)c1ccccc1. The normalized spacial score (nSPS) is 14.7. The van der Waals surface area contributed by atoms with Crippen LogP contribution in [0.5, 0.6) is 0 Å². The molecule has 0 aliphatic heterocycles. The Morgan fingerprint density at radius 1 is 1.06 bits per heavy atom. The second kappa shape index (κ2) is 7.45. The quantitative estimate of drug-likeness (QED) is 0.678. The number of hydrogen-bond donors (Lipinski definition) is 1. The molecule has 1 aromatic rings. The fourth-order valence-electron chi connectivity index (χ4n) is 2.03. The summed E-state index contributed by atoms with van der Waals surface area (Å²) in [4.78, 5) is 0. The summed E-state index contributed by atoms with van der Waals surface area (Å²) in [7, 11) is 0. The van der Waals surface area contributed by atoms with E-state index in [-0.39, 0.29) is 6.10 Å². The second-order valence-corrected chi connectivity index (χ2v) is 4.68. The van der Waals surface area contributed by atoms with Gasteiger partial charge in [0.25, 0.3) is 0 Å². The summed E-state index contributed by atoms with van der Waals surface area (Å²) in [5, 5.41) is 10.1. The van der Waals surface area contributed by atoms with Crippen molar-refractivity contribution < 1.29 is 5.11 Å².